The van der Waals surface area contributed by atoms with Crippen LogP contribution in [-0.4, -0.2) is 73.9 Å². The average molecular weight is 557 g/mol. The second kappa shape index (κ2) is 12.3. The molecule has 1 unspecified atom stereocenters. The molecule has 0 aliphatic carbocycles. The second-order valence-electron chi connectivity index (χ2n) is 8.75. The van der Waals surface area contributed by atoms with E-state index in [2.05, 4.69) is 20.9 Å². The first kappa shape index (κ1) is 29.0. The molecular formula is C23H30F2N6O6S. The number of carboxylic acid groups (broad SMARTS) is 1. The Kier molecular flexibility index (Phi) is 9.38. The van der Waals surface area contributed by atoms with Crippen molar-refractivity contribution in [3.05, 3.63) is 45.2 Å². The molecule has 1 aromatic carbocycles. The van der Waals surface area contributed by atoms with Crippen LogP contribution in [0.1, 0.15) is 35.7 Å². The van der Waals surface area contributed by atoms with Crippen LogP contribution in [0.3, 0.4) is 0 Å². The summed E-state index contributed by atoms with van der Waals surface area (Å²) in [6, 6.07) is -0.818. The highest BCUT2D eigenvalue weighted by atomic mass is 32.2. The number of guanidine groups is 1. The summed E-state index contributed by atoms with van der Waals surface area (Å²) >= 11 is 0. The number of nitrogens with one attached hydrogen (secondary N) is 4. The third kappa shape index (κ3) is 6.83. The Morgan fingerprint density at radius 2 is 2.05 bits per heavy atom. The van der Waals surface area contributed by atoms with Gasteiger partial charge >= 0.3 is 5.97 Å². The van der Waals surface area contributed by atoms with Crippen LogP contribution in [0.5, 0.6) is 0 Å². The van der Waals surface area contributed by atoms with Crippen molar-refractivity contribution in [2.45, 2.75) is 32.2 Å². The zero-order chi connectivity index (χ0) is 28.0. The van der Waals surface area contributed by atoms with E-state index in [-0.39, 0.29) is 35.2 Å². The van der Waals surface area contributed by atoms with E-state index in [4.69, 9.17) is 0 Å². The van der Waals surface area contributed by atoms with Gasteiger partial charge in [-0.2, -0.15) is 4.72 Å². The van der Waals surface area contributed by atoms with Crippen molar-refractivity contribution in [2.24, 2.45) is 12.0 Å². The molecule has 38 heavy (non-hydrogen) atoms. The second-order valence-corrected chi connectivity index (χ2v) is 10.6. The summed E-state index contributed by atoms with van der Waals surface area (Å²) < 4.78 is 57.4. The zero-order valence-corrected chi connectivity index (χ0v) is 21.8. The number of fused-ring (bicyclic) bond motifs is 1. The lowest BCUT2D eigenvalue weighted by molar-refractivity contribution is -0.138. The molecule has 1 aliphatic heterocycles. The molecule has 15 heteroatoms. The summed E-state index contributed by atoms with van der Waals surface area (Å²) in [5, 5.41) is 17.1. The summed E-state index contributed by atoms with van der Waals surface area (Å²) in [6.45, 7) is 2.58. The molecule has 0 saturated carbocycles. The third-order valence-corrected chi connectivity index (χ3v) is 7.36. The number of pyridine rings is 1. The van der Waals surface area contributed by atoms with Crippen molar-refractivity contribution in [3.63, 3.8) is 0 Å². The van der Waals surface area contributed by atoms with Crippen molar-refractivity contribution in [3.8, 4) is 0 Å². The Labute approximate surface area is 217 Å². The number of aromatic nitrogens is 1. The van der Waals surface area contributed by atoms with Gasteiger partial charge in [0.15, 0.2) is 11.8 Å². The Morgan fingerprint density at radius 3 is 2.68 bits per heavy atom. The van der Waals surface area contributed by atoms with Gasteiger partial charge in [0.2, 0.25) is 15.5 Å². The number of sulfonamides is 1. The number of amides is 1. The van der Waals surface area contributed by atoms with Gasteiger partial charge in [0.05, 0.1) is 23.2 Å². The number of hydrogen-bond acceptors (Lipinski definition) is 8. The standard InChI is InChI=1S/C23H30F2N6O6S/c1-3-4-9-38(36,37)30-17(22(34)35)11-29-21(33)15-12-31(2)19-14(20(15)32)10-16(24)13(18(19)25)5-6-26-23-27-7-8-28-23/h10,12,17,30H,3-9,11H2,1-2H3,(H,29,33)(H,34,35)(H2,26,27,28). The Balaban J connectivity index is 1.81. The number of aliphatic imine (C=N–C) groups is 1. The lowest BCUT2D eigenvalue weighted by atomic mass is 10.0. The first-order valence-corrected chi connectivity index (χ1v) is 13.6. The van der Waals surface area contributed by atoms with Gasteiger partial charge in [-0.15, -0.1) is 0 Å². The first-order chi connectivity index (χ1) is 17.9. The molecule has 208 valence electrons. The van der Waals surface area contributed by atoms with Gasteiger partial charge in [0.1, 0.15) is 17.4 Å². The fourth-order valence-corrected chi connectivity index (χ4v) is 5.32. The van der Waals surface area contributed by atoms with Gasteiger partial charge in [0, 0.05) is 38.4 Å². The third-order valence-electron chi connectivity index (χ3n) is 5.89. The minimum absolute atomic E-state index is 0.0323. The van der Waals surface area contributed by atoms with Gasteiger partial charge in [-0.3, -0.25) is 19.4 Å². The van der Waals surface area contributed by atoms with Crippen LogP contribution in [-0.2, 0) is 28.3 Å². The number of nitrogens with zero attached hydrogens (tertiary/aromatic N) is 2. The summed E-state index contributed by atoms with van der Waals surface area (Å²) in [4.78, 5) is 41.3. The number of carbonyl (C=O) groups excluding carboxylic acids is 1. The average Bonchev–Trinajstić information content (AvgIpc) is 3.37. The molecule has 0 radical (unpaired) electrons. The van der Waals surface area contributed by atoms with Crippen LogP contribution < -0.4 is 26.1 Å². The van der Waals surface area contributed by atoms with Crippen LogP contribution >= 0.6 is 0 Å². The van der Waals surface area contributed by atoms with Crippen molar-refractivity contribution < 1.29 is 31.9 Å². The van der Waals surface area contributed by atoms with Gasteiger partial charge in [-0.25, -0.2) is 17.2 Å². The molecule has 3 rings (SSSR count). The number of benzene rings is 1. The van der Waals surface area contributed by atoms with E-state index in [0.29, 0.717) is 31.9 Å². The van der Waals surface area contributed by atoms with Crippen LogP contribution in [0.4, 0.5) is 8.78 Å². The van der Waals surface area contributed by atoms with Crippen molar-refractivity contribution in [1.82, 2.24) is 25.2 Å². The van der Waals surface area contributed by atoms with Crippen LogP contribution in [0.2, 0.25) is 0 Å². The summed E-state index contributed by atoms with van der Waals surface area (Å²) in [6.07, 6.45) is 1.92. The Hall–Kier alpha value is -3.59. The largest absolute Gasteiger partial charge is 0.480 e. The molecule has 0 spiro atoms. The van der Waals surface area contributed by atoms with Crippen LogP contribution in [0, 0.1) is 11.6 Å². The maximum absolute atomic E-state index is 15.3. The van der Waals surface area contributed by atoms with Crippen LogP contribution in [0.25, 0.3) is 10.9 Å². The van der Waals surface area contributed by atoms with E-state index in [9.17, 15) is 32.3 Å². The van der Waals surface area contributed by atoms with Gasteiger partial charge in [-0.1, -0.05) is 13.3 Å². The van der Waals surface area contributed by atoms with E-state index < -0.39 is 57.1 Å². The van der Waals surface area contributed by atoms with Gasteiger partial charge in [0.25, 0.3) is 5.91 Å². The first-order valence-electron chi connectivity index (χ1n) is 12.0. The van der Waals surface area contributed by atoms with Gasteiger partial charge in [-0.05, 0) is 18.9 Å². The number of hydrogen-bond donors (Lipinski definition) is 5. The smallest absolute Gasteiger partial charge is 0.323 e. The predicted octanol–water partition coefficient (Wildman–Crippen LogP) is -0.189. The molecule has 0 saturated heterocycles. The summed E-state index contributed by atoms with van der Waals surface area (Å²) in [5.74, 6) is -4.20. The number of unbranched alkanes of at least 4 members (excludes halogenated alkanes) is 1. The van der Waals surface area contributed by atoms with E-state index >= 15 is 4.39 Å². The monoisotopic (exact) mass is 556 g/mol. The quantitative estimate of drug-likeness (QED) is 0.239. The molecule has 5 N–H and O–H groups in total. The summed E-state index contributed by atoms with van der Waals surface area (Å²) in [5.41, 5.74) is -1.89. The van der Waals surface area contributed by atoms with Crippen molar-refractivity contribution in [2.75, 3.05) is 31.9 Å². The number of rotatable bonds is 12. The molecule has 1 aliphatic rings. The maximum Gasteiger partial charge on any atom is 0.323 e. The molecule has 0 fully saturated rings. The number of carbonyl (C=O) groups is 2. The predicted molar refractivity (Wildman–Crippen MR) is 137 cm³/mol. The molecule has 1 atom stereocenters. The van der Waals surface area contributed by atoms with E-state index in [1.165, 1.54) is 11.6 Å². The molecule has 0 bridgehead atoms. The molecule has 1 amide bonds. The Morgan fingerprint density at radius 1 is 1.32 bits per heavy atom. The number of aliphatic carboxylic acids is 1. The molecule has 12 nitrogen and oxygen atoms in total. The SMILES string of the molecule is CCCCS(=O)(=O)NC(CNC(=O)c1cn(C)c2c(F)c(CCNC3=NCCN3)c(F)cc2c1=O)C(=O)O. The number of aryl methyl sites for hydroxylation is 1. The Bertz CT molecular complexity index is 1430. The maximum atomic E-state index is 15.3. The molecule has 2 aromatic rings. The normalized spacial score (nSPS) is 14.2. The highest BCUT2D eigenvalue weighted by Gasteiger charge is 2.26. The highest BCUT2D eigenvalue weighted by molar-refractivity contribution is 7.89. The van der Waals surface area contributed by atoms with E-state index in [0.717, 1.165) is 12.3 Å². The molecule has 2 heterocycles. The lowest BCUT2D eigenvalue weighted by Gasteiger charge is -2.16. The fourth-order valence-electron chi connectivity index (χ4n) is 3.92. The van der Waals surface area contributed by atoms with Crippen molar-refractivity contribution >= 4 is 38.8 Å². The number of halogens is 2. The zero-order valence-electron chi connectivity index (χ0n) is 20.9. The number of carboxylic acids is 1. The fraction of sp³-hybridized carbons (Fsp3) is 0.478. The topological polar surface area (TPSA) is 171 Å². The van der Waals surface area contributed by atoms with E-state index in [1.807, 2.05) is 4.72 Å². The van der Waals surface area contributed by atoms with Crippen LogP contribution in [0.15, 0.2) is 22.1 Å². The minimum Gasteiger partial charge on any atom is -0.480 e. The summed E-state index contributed by atoms with van der Waals surface area (Å²) in [7, 11) is -2.54. The lowest BCUT2D eigenvalue weighted by Crippen LogP contribution is -2.49. The van der Waals surface area contributed by atoms with E-state index in [1.54, 1.807) is 6.92 Å². The van der Waals surface area contributed by atoms with Gasteiger partial charge < -0.3 is 25.6 Å². The highest BCUT2D eigenvalue weighted by Crippen LogP contribution is 2.23. The molecular weight excluding hydrogens is 526 g/mol. The molecule has 1 aromatic heterocycles. The van der Waals surface area contributed by atoms with Crippen molar-refractivity contribution in [1.29, 1.82) is 0 Å². The minimum atomic E-state index is -3.92.